The molecule has 0 bridgehead atoms. The highest BCUT2D eigenvalue weighted by Crippen LogP contribution is 2.35. The molecule has 0 aromatic heterocycles. The Kier molecular flexibility index (Phi) is 4.26. The van der Waals surface area contributed by atoms with E-state index in [0.29, 0.717) is 12.3 Å². The molecule has 6 heteroatoms. The van der Waals surface area contributed by atoms with E-state index in [1.807, 2.05) is 6.92 Å². The predicted molar refractivity (Wildman–Crippen MR) is 68.5 cm³/mol. The summed E-state index contributed by atoms with van der Waals surface area (Å²) >= 11 is 5.86. The summed E-state index contributed by atoms with van der Waals surface area (Å²) in [6.45, 7) is 2.62. The summed E-state index contributed by atoms with van der Waals surface area (Å²) < 4.78 is 42.9. The van der Waals surface area contributed by atoms with Crippen molar-refractivity contribution in [3.8, 4) is 0 Å². The molecule has 0 heterocycles. The van der Waals surface area contributed by atoms with Crippen LogP contribution in [0.2, 0.25) is 5.02 Å². The third kappa shape index (κ3) is 3.54. The average molecular weight is 294 g/mol. The zero-order valence-corrected chi connectivity index (χ0v) is 11.2. The number of alkyl halides is 3. The number of benzene rings is 1. The van der Waals surface area contributed by atoms with Gasteiger partial charge in [-0.3, -0.25) is 0 Å². The van der Waals surface area contributed by atoms with Crippen LogP contribution in [-0.2, 0) is 10.9 Å². The minimum Gasteiger partial charge on any atom is -0.381 e. The Labute approximate surface area is 114 Å². The maximum absolute atomic E-state index is 12.5. The highest BCUT2D eigenvalue weighted by molar-refractivity contribution is 6.33. The number of nitrogens with one attached hydrogen (secondary N) is 1. The third-order valence-corrected chi connectivity index (χ3v) is 3.47. The fourth-order valence-corrected chi connectivity index (χ4v) is 2.32. The molecule has 0 aliphatic heterocycles. The number of anilines is 1. The van der Waals surface area contributed by atoms with E-state index >= 15 is 0 Å². The number of ether oxygens (including phenoxy) is 1. The fraction of sp³-hybridized carbons (Fsp3) is 0.538. The van der Waals surface area contributed by atoms with E-state index in [1.54, 1.807) is 0 Å². The van der Waals surface area contributed by atoms with Crippen LogP contribution in [0.3, 0.4) is 0 Å². The maximum Gasteiger partial charge on any atom is 0.416 e. The van der Waals surface area contributed by atoms with Crippen molar-refractivity contribution < 1.29 is 17.9 Å². The summed E-state index contributed by atoms with van der Waals surface area (Å²) in [6.07, 6.45) is -2.41. The van der Waals surface area contributed by atoms with Crippen LogP contribution in [0.4, 0.5) is 18.9 Å². The van der Waals surface area contributed by atoms with Gasteiger partial charge < -0.3 is 10.1 Å². The SMILES string of the molecule is CCOC1CC(Nc2ccc(C(F)(F)F)cc2Cl)C1. The number of hydrogen-bond acceptors (Lipinski definition) is 2. The standard InChI is InChI=1S/C13H15ClF3NO/c1-2-19-10-6-9(7-10)18-12-4-3-8(5-11(12)14)13(15,16)17/h3-5,9-10,18H,2,6-7H2,1H3. The van der Waals surface area contributed by atoms with Gasteiger partial charge in [0.2, 0.25) is 0 Å². The predicted octanol–water partition coefficient (Wildman–Crippen LogP) is 4.34. The van der Waals surface area contributed by atoms with Gasteiger partial charge in [0.05, 0.1) is 22.4 Å². The molecular formula is C13H15ClF3NO. The molecule has 1 fully saturated rings. The van der Waals surface area contributed by atoms with Crippen molar-refractivity contribution >= 4 is 17.3 Å². The fourth-order valence-electron chi connectivity index (χ4n) is 2.08. The first kappa shape index (κ1) is 14.5. The van der Waals surface area contributed by atoms with Gasteiger partial charge in [-0.05, 0) is 38.0 Å². The highest BCUT2D eigenvalue weighted by atomic mass is 35.5. The van der Waals surface area contributed by atoms with E-state index < -0.39 is 11.7 Å². The molecule has 0 spiro atoms. The first-order chi connectivity index (χ1) is 8.90. The van der Waals surface area contributed by atoms with Crippen LogP contribution in [0.5, 0.6) is 0 Å². The van der Waals surface area contributed by atoms with Gasteiger partial charge in [-0.2, -0.15) is 13.2 Å². The van der Waals surface area contributed by atoms with Crippen molar-refractivity contribution in [1.29, 1.82) is 0 Å². The summed E-state index contributed by atoms with van der Waals surface area (Å²) in [5.41, 5.74) is -0.196. The van der Waals surface area contributed by atoms with Crippen molar-refractivity contribution in [2.45, 2.75) is 38.1 Å². The Hall–Kier alpha value is -0.940. The largest absolute Gasteiger partial charge is 0.416 e. The van der Waals surface area contributed by atoms with Crippen molar-refractivity contribution in [3.63, 3.8) is 0 Å². The Balaban J connectivity index is 1.96. The molecule has 0 saturated heterocycles. The van der Waals surface area contributed by atoms with Gasteiger partial charge in [0, 0.05) is 12.6 Å². The Morgan fingerprint density at radius 1 is 1.37 bits per heavy atom. The molecule has 1 aliphatic rings. The molecule has 0 atom stereocenters. The first-order valence-corrected chi connectivity index (χ1v) is 6.53. The Bertz CT molecular complexity index is 444. The van der Waals surface area contributed by atoms with Gasteiger partial charge in [0.1, 0.15) is 0 Å². The van der Waals surface area contributed by atoms with Crippen LogP contribution in [0.25, 0.3) is 0 Å². The van der Waals surface area contributed by atoms with Crippen molar-refractivity contribution in [2.75, 3.05) is 11.9 Å². The van der Waals surface area contributed by atoms with Crippen LogP contribution in [-0.4, -0.2) is 18.8 Å². The van der Waals surface area contributed by atoms with Crippen LogP contribution < -0.4 is 5.32 Å². The molecule has 2 rings (SSSR count). The number of rotatable bonds is 4. The second-order valence-electron chi connectivity index (χ2n) is 4.58. The second kappa shape index (κ2) is 5.59. The van der Waals surface area contributed by atoms with Crippen LogP contribution in [0.1, 0.15) is 25.3 Å². The molecule has 1 saturated carbocycles. The smallest absolute Gasteiger partial charge is 0.381 e. The minimum absolute atomic E-state index is 0.0923. The first-order valence-electron chi connectivity index (χ1n) is 6.15. The van der Waals surface area contributed by atoms with Gasteiger partial charge in [-0.1, -0.05) is 11.6 Å². The quantitative estimate of drug-likeness (QED) is 0.892. The van der Waals surface area contributed by atoms with Crippen LogP contribution in [0, 0.1) is 0 Å². The molecule has 19 heavy (non-hydrogen) atoms. The molecule has 1 N–H and O–H groups in total. The third-order valence-electron chi connectivity index (χ3n) is 3.15. The van der Waals surface area contributed by atoms with E-state index in [-0.39, 0.29) is 17.2 Å². The normalized spacial score (nSPS) is 23.0. The topological polar surface area (TPSA) is 21.3 Å². The van der Waals surface area contributed by atoms with Gasteiger partial charge in [-0.25, -0.2) is 0 Å². The Morgan fingerprint density at radius 3 is 2.58 bits per heavy atom. The van der Waals surface area contributed by atoms with Gasteiger partial charge in [0.25, 0.3) is 0 Å². The molecule has 2 nitrogen and oxygen atoms in total. The lowest BCUT2D eigenvalue weighted by Gasteiger charge is -2.36. The monoisotopic (exact) mass is 293 g/mol. The second-order valence-corrected chi connectivity index (χ2v) is 4.99. The molecule has 0 amide bonds. The molecule has 1 aromatic carbocycles. The Morgan fingerprint density at radius 2 is 2.05 bits per heavy atom. The zero-order chi connectivity index (χ0) is 14.0. The maximum atomic E-state index is 12.5. The van der Waals surface area contributed by atoms with Crippen molar-refractivity contribution in [2.24, 2.45) is 0 Å². The van der Waals surface area contributed by atoms with Crippen LogP contribution >= 0.6 is 11.6 Å². The van der Waals surface area contributed by atoms with E-state index in [9.17, 15) is 13.2 Å². The summed E-state index contributed by atoms with van der Waals surface area (Å²) in [7, 11) is 0. The van der Waals surface area contributed by atoms with E-state index in [1.165, 1.54) is 6.07 Å². The van der Waals surface area contributed by atoms with Crippen molar-refractivity contribution in [3.05, 3.63) is 28.8 Å². The van der Waals surface area contributed by atoms with E-state index in [0.717, 1.165) is 25.0 Å². The number of halogens is 4. The zero-order valence-electron chi connectivity index (χ0n) is 10.4. The molecular weight excluding hydrogens is 279 g/mol. The van der Waals surface area contributed by atoms with Gasteiger partial charge in [-0.15, -0.1) is 0 Å². The van der Waals surface area contributed by atoms with E-state index in [4.69, 9.17) is 16.3 Å². The lowest BCUT2D eigenvalue weighted by molar-refractivity contribution is -0.137. The average Bonchev–Trinajstić information content (AvgIpc) is 2.27. The minimum atomic E-state index is -4.36. The molecule has 106 valence electrons. The van der Waals surface area contributed by atoms with Crippen molar-refractivity contribution in [1.82, 2.24) is 0 Å². The lowest BCUT2D eigenvalue weighted by Crippen LogP contribution is -2.40. The van der Waals surface area contributed by atoms with E-state index in [2.05, 4.69) is 5.32 Å². The molecule has 1 aliphatic carbocycles. The van der Waals surface area contributed by atoms with Gasteiger partial charge >= 0.3 is 6.18 Å². The molecule has 0 radical (unpaired) electrons. The highest BCUT2D eigenvalue weighted by Gasteiger charge is 2.32. The lowest BCUT2D eigenvalue weighted by atomic mass is 9.89. The number of hydrogen-bond donors (Lipinski definition) is 1. The van der Waals surface area contributed by atoms with Crippen LogP contribution in [0.15, 0.2) is 18.2 Å². The molecule has 1 aromatic rings. The molecule has 0 unspecified atom stereocenters. The van der Waals surface area contributed by atoms with Gasteiger partial charge in [0.15, 0.2) is 0 Å². The summed E-state index contributed by atoms with van der Waals surface area (Å²) in [6, 6.07) is 3.57. The summed E-state index contributed by atoms with van der Waals surface area (Å²) in [4.78, 5) is 0. The summed E-state index contributed by atoms with van der Waals surface area (Å²) in [5.74, 6) is 0. The summed E-state index contributed by atoms with van der Waals surface area (Å²) in [5, 5.41) is 3.23.